The van der Waals surface area contributed by atoms with Crippen LogP contribution in [0.25, 0.3) is 0 Å². The number of aromatic amines is 1. The van der Waals surface area contributed by atoms with Crippen LogP contribution in [-0.4, -0.2) is 85.6 Å². The number of β-lactam (4-membered cyclic amide) rings is 1. The molecule has 1 unspecified atom stereocenters. The highest BCUT2D eigenvalue weighted by atomic mass is 32.2. The summed E-state index contributed by atoms with van der Waals surface area (Å²) in [6.45, 7) is 0.237. The summed E-state index contributed by atoms with van der Waals surface area (Å²) in [6.07, 6.45) is 0. The lowest BCUT2D eigenvalue weighted by molar-refractivity contribution is -0.147. The summed E-state index contributed by atoms with van der Waals surface area (Å²) < 4.78 is 0. The maximum atomic E-state index is 11.9. The number of aromatic nitrogens is 8. The highest BCUT2D eigenvalue weighted by Gasteiger charge is 2.51. The third kappa shape index (κ3) is 2.93. The smallest absolute Gasteiger partial charge is 0.352 e. The molecular weight excluding hydrogens is 384 g/mol. The molecule has 0 radical (unpaired) electrons. The SMILES string of the molecule is NC1C(=O)N2C(C(=O)O)=C(CSc3nnn(Cc4nnn[nH]4)n3)CS[C@H]12. The Morgan fingerprint density at radius 1 is 1.46 bits per heavy atom. The Bertz CT molecular complexity index is 881. The molecule has 4 N–H and O–H groups in total. The number of nitrogens with two attached hydrogens (primary N) is 1. The number of aliphatic carboxylic acids is 1. The Morgan fingerprint density at radius 3 is 3.04 bits per heavy atom. The van der Waals surface area contributed by atoms with Gasteiger partial charge < -0.3 is 10.8 Å². The minimum atomic E-state index is -1.14. The zero-order chi connectivity index (χ0) is 18.3. The number of hydrogen-bond acceptors (Lipinski definition) is 11. The maximum Gasteiger partial charge on any atom is 0.352 e. The highest BCUT2D eigenvalue weighted by molar-refractivity contribution is 8.01. The Hall–Kier alpha value is -2.52. The van der Waals surface area contributed by atoms with Crippen LogP contribution in [0.15, 0.2) is 16.4 Å². The van der Waals surface area contributed by atoms with Gasteiger partial charge in [-0.15, -0.1) is 27.1 Å². The summed E-state index contributed by atoms with van der Waals surface area (Å²) in [5.41, 5.74) is 6.36. The van der Waals surface area contributed by atoms with Crippen molar-refractivity contribution in [3.8, 4) is 0 Å². The molecule has 1 fully saturated rings. The lowest BCUT2D eigenvalue weighted by Crippen LogP contribution is -2.68. The van der Waals surface area contributed by atoms with Gasteiger partial charge in [-0.05, 0) is 21.2 Å². The standard InChI is InChI=1S/C11H12N10O3S2/c12-6-8(22)21-7(10(23)24)4(2-25-9(6)21)3-26-11-15-19-20(16-11)1-5-13-17-18-14-5/h6,9H,1-3,12H2,(H,23,24)(H,13,14,17,18)/t6?,9-/m1/s1. The number of fused-ring (bicyclic) bond motifs is 1. The Balaban J connectivity index is 1.46. The van der Waals surface area contributed by atoms with Crippen molar-refractivity contribution in [3.05, 3.63) is 17.1 Å². The average molecular weight is 396 g/mol. The molecule has 0 bridgehead atoms. The molecule has 2 atom stereocenters. The van der Waals surface area contributed by atoms with Crippen molar-refractivity contribution >= 4 is 35.4 Å². The number of H-pyrrole nitrogens is 1. The molecule has 0 aromatic carbocycles. The summed E-state index contributed by atoms with van der Waals surface area (Å²) in [5, 5.41) is 34.8. The average Bonchev–Trinajstić information content (AvgIpc) is 3.30. The summed E-state index contributed by atoms with van der Waals surface area (Å²) in [6, 6.07) is -0.643. The molecule has 1 saturated heterocycles. The first kappa shape index (κ1) is 16.9. The van der Waals surface area contributed by atoms with Gasteiger partial charge in [0.15, 0.2) is 5.82 Å². The number of carboxylic acids is 1. The lowest BCUT2D eigenvalue weighted by Gasteiger charge is -2.48. The van der Waals surface area contributed by atoms with Crippen LogP contribution in [0.3, 0.4) is 0 Å². The Morgan fingerprint density at radius 2 is 2.31 bits per heavy atom. The molecular formula is C11H12N10O3S2. The number of nitrogens with zero attached hydrogens (tertiary/aromatic N) is 8. The van der Waals surface area contributed by atoms with Gasteiger partial charge in [0, 0.05) is 11.5 Å². The molecule has 2 aromatic rings. The van der Waals surface area contributed by atoms with Gasteiger partial charge in [0.05, 0.1) is 0 Å². The zero-order valence-electron chi connectivity index (χ0n) is 13.0. The van der Waals surface area contributed by atoms with Gasteiger partial charge in [0.25, 0.3) is 0 Å². The van der Waals surface area contributed by atoms with Crippen LogP contribution in [0.5, 0.6) is 0 Å². The van der Waals surface area contributed by atoms with Gasteiger partial charge in [-0.2, -0.15) is 4.80 Å². The topological polar surface area (TPSA) is 182 Å². The Kier molecular flexibility index (Phi) is 4.33. The summed E-state index contributed by atoms with van der Waals surface area (Å²) >= 11 is 2.69. The number of nitrogens with one attached hydrogen (secondary N) is 1. The number of carboxylic acid groups (broad SMARTS) is 1. The van der Waals surface area contributed by atoms with E-state index in [0.717, 1.165) is 0 Å². The van der Waals surface area contributed by atoms with E-state index in [-0.39, 0.29) is 23.5 Å². The molecule has 4 rings (SSSR count). The van der Waals surface area contributed by atoms with Crippen molar-refractivity contribution in [1.82, 2.24) is 45.7 Å². The normalized spacial score (nSPS) is 22.3. The van der Waals surface area contributed by atoms with E-state index in [4.69, 9.17) is 5.73 Å². The van der Waals surface area contributed by atoms with E-state index in [1.807, 2.05) is 0 Å². The third-order valence-corrected chi connectivity index (χ3v) is 6.06. The zero-order valence-corrected chi connectivity index (χ0v) is 14.6. The minimum Gasteiger partial charge on any atom is -0.477 e. The number of amides is 1. The van der Waals surface area contributed by atoms with Crippen molar-refractivity contribution in [2.45, 2.75) is 23.1 Å². The van der Waals surface area contributed by atoms with E-state index in [1.165, 1.54) is 33.2 Å². The first-order chi connectivity index (χ1) is 12.5. The number of hydrogen-bond donors (Lipinski definition) is 3. The van der Waals surface area contributed by atoms with E-state index < -0.39 is 12.0 Å². The fourth-order valence-corrected chi connectivity index (χ4v) is 4.79. The predicted molar refractivity (Wildman–Crippen MR) is 87.5 cm³/mol. The number of carbonyl (C=O) groups is 2. The van der Waals surface area contributed by atoms with Crippen molar-refractivity contribution in [2.24, 2.45) is 5.73 Å². The number of tetrazole rings is 2. The molecule has 136 valence electrons. The largest absolute Gasteiger partial charge is 0.477 e. The van der Waals surface area contributed by atoms with Gasteiger partial charge in [-0.3, -0.25) is 9.69 Å². The molecule has 1 amide bonds. The first-order valence-corrected chi connectivity index (χ1v) is 9.37. The minimum absolute atomic E-state index is 0.00748. The Labute approximate surface area is 153 Å². The molecule has 4 heterocycles. The number of thioether (sulfide) groups is 2. The monoisotopic (exact) mass is 396 g/mol. The van der Waals surface area contributed by atoms with Gasteiger partial charge in [0.1, 0.15) is 23.7 Å². The first-order valence-electron chi connectivity index (χ1n) is 7.33. The van der Waals surface area contributed by atoms with E-state index >= 15 is 0 Å². The van der Waals surface area contributed by atoms with Crippen LogP contribution in [0, 0.1) is 0 Å². The van der Waals surface area contributed by atoms with E-state index in [9.17, 15) is 14.7 Å². The summed E-state index contributed by atoms with van der Waals surface area (Å²) in [7, 11) is 0. The second kappa shape index (κ2) is 6.65. The molecule has 2 aliphatic rings. The van der Waals surface area contributed by atoms with Crippen molar-refractivity contribution in [2.75, 3.05) is 11.5 Å². The second-order valence-corrected chi connectivity index (χ2v) is 7.48. The molecule has 0 aliphatic carbocycles. The van der Waals surface area contributed by atoms with Crippen molar-refractivity contribution in [1.29, 1.82) is 0 Å². The van der Waals surface area contributed by atoms with Crippen LogP contribution in [0.4, 0.5) is 0 Å². The van der Waals surface area contributed by atoms with Crippen LogP contribution in [0.2, 0.25) is 0 Å². The van der Waals surface area contributed by atoms with Gasteiger partial charge in [0.2, 0.25) is 11.1 Å². The maximum absolute atomic E-state index is 11.9. The van der Waals surface area contributed by atoms with E-state index in [2.05, 4.69) is 36.0 Å². The predicted octanol–water partition coefficient (Wildman–Crippen LogP) is -2.09. The summed E-state index contributed by atoms with van der Waals surface area (Å²) in [5.74, 6) is -0.213. The molecule has 2 aromatic heterocycles. The van der Waals surface area contributed by atoms with Gasteiger partial charge in [-0.1, -0.05) is 11.8 Å². The highest BCUT2D eigenvalue weighted by Crippen LogP contribution is 2.40. The fourth-order valence-electron chi connectivity index (χ4n) is 2.58. The van der Waals surface area contributed by atoms with E-state index in [0.29, 0.717) is 28.1 Å². The molecule has 15 heteroatoms. The lowest BCUT2D eigenvalue weighted by atomic mass is 10.0. The summed E-state index contributed by atoms with van der Waals surface area (Å²) in [4.78, 5) is 26.1. The molecule has 2 aliphatic heterocycles. The quantitative estimate of drug-likeness (QED) is 0.358. The number of carbonyl (C=O) groups excluding carboxylic acids is 1. The van der Waals surface area contributed by atoms with Gasteiger partial charge >= 0.3 is 5.97 Å². The molecule has 0 spiro atoms. The fraction of sp³-hybridized carbons (Fsp3) is 0.455. The van der Waals surface area contributed by atoms with Gasteiger partial charge in [-0.25, -0.2) is 9.89 Å². The molecule has 26 heavy (non-hydrogen) atoms. The van der Waals surface area contributed by atoms with Crippen LogP contribution >= 0.6 is 23.5 Å². The van der Waals surface area contributed by atoms with E-state index in [1.54, 1.807) is 0 Å². The van der Waals surface area contributed by atoms with Crippen molar-refractivity contribution < 1.29 is 14.7 Å². The number of rotatable bonds is 6. The van der Waals surface area contributed by atoms with Crippen LogP contribution in [0.1, 0.15) is 5.82 Å². The second-order valence-electron chi connectivity index (χ2n) is 5.43. The van der Waals surface area contributed by atoms with Crippen LogP contribution < -0.4 is 5.73 Å². The van der Waals surface area contributed by atoms with Crippen LogP contribution in [-0.2, 0) is 16.1 Å². The third-order valence-electron chi connectivity index (χ3n) is 3.78. The molecule has 13 nitrogen and oxygen atoms in total. The molecule has 0 saturated carbocycles. The van der Waals surface area contributed by atoms with Crippen molar-refractivity contribution in [3.63, 3.8) is 0 Å².